The summed E-state index contributed by atoms with van der Waals surface area (Å²) < 4.78 is 12.9. The van der Waals surface area contributed by atoms with Gasteiger partial charge in [-0.2, -0.15) is 0 Å². The summed E-state index contributed by atoms with van der Waals surface area (Å²) in [4.78, 5) is 4.19. The molecule has 2 N–H and O–H groups in total. The highest BCUT2D eigenvalue weighted by Gasteiger charge is 2.10. The van der Waals surface area contributed by atoms with E-state index < -0.39 is 5.82 Å². The number of aromatic nitrogens is 1. The van der Waals surface area contributed by atoms with Gasteiger partial charge in [-0.05, 0) is 13.0 Å². The van der Waals surface area contributed by atoms with Crippen LogP contribution < -0.4 is 5.32 Å². The summed E-state index contributed by atoms with van der Waals surface area (Å²) in [5.41, 5.74) is 3.57. The summed E-state index contributed by atoms with van der Waals surface area (Å²) in [6.07, 6.45) is 0.843. The van der Waals surface area contributed by atoms with Crippen molar-refractivity contribution in [3.8, 4) is 5.75 Å². The van der Waals surface area contributed by atoms with Crippen LogP contribution in [-0.2, 0) is 6.42 Å². The van der Waals surface area contributed by atoms with Crippen molar-refractivity contribution in [2.45, 2.75) is 19.4 Å². The Hall–Kier alpha value is -1.46. The van der Waals surface area contributed by atoms with Gasteiger partial charge in [-0.1, -0.05) is 6.07 Å². The van der Waals surface area contributed by atoms with Crippen LogP contribution in [0.2, 0.25) is 0 Å². The van der Waals surface area contributed by atoms with E-state index >= 15 is 0 Å². The number of thiazole rings is 1. The molecule has 0 radical (unpaired) electrons. The summed E-state index contributed by atoms with van der Waals surface area (Å²) in [6, 6.07) is 4.07. The molecule has 0 bridgehead atoms. The fraction of sp³-hybridized carbons (Fsp3) is 0.308. The summed E-state index contributed by atoms with van der Waals surface area (Å²) in [7, 11) is 0. The van der Waals surface area contributed by atoms with Crippen molar-refractivity contribution in [3.05, 3.63) is 46.2 Å². The molecular formula is C13H15FN2OS. The summed E-state index contributed by atoms with van der Waals surface area (Å²) in [5.74, 6) is -0.436. The first kappa shape index (κ1) is 13.0. The minimum atomic E-state index is -0.425. The first-order valence-electron chi connectivity index (χ1n) is 5.75. The van der Waals surface area contributed by atoms with Gasteiger partial charge in [0.05, 0.1) is 11.2 Å². The molecule has 0 fully saturated rings. The number of aromatic hydroxyl groups is 1. The predicted molar refractivity (Wildman–Crippen MR) is 70.3 cm³/mol. The van der Waals surface area contributed by atoms with Crippen LogP contribution in [0.4, 0.5) is 4.39 Å². The first-order valence-corrected chi connectivity index (χ1v) is 6.70. The van der Waals surface area contributed by atoms with Gasteiger partial charge in [0, 0.05) is 36.0 Å². The van der Waals surface area contributed by atoms with Gasteiger partial charge in [-0.25, -0.2) is 9.37 Å². The molecule has 0 saturated heterocycles. The minimum Gasteiger partial charge on any atom is -0.508 e. The maximum Gasteiger partial charge on any atom is 0.126 e. The lowest BCUT2D eigenvalue weighted by Crippen LogP contribution is -2.21. The van der Waals surface area contributed by atoms with Crippen molar-refractivity contribution >= 4 is 11.3 Å². The lowest BCUT2D eigenvalue weighted by molar-refractivity contribution is 0.447. The number of hydrogen-bond acceptors (Lipinski definition) is 4. The van der Waals surface area contributed by atoms with Crippen molar-refractivity contribution in [1.29, 1.82) is 0 Å². The Kier molecular flexibility index (Phi) is 4.28. The highest BCUT2D eigenvalue weighted by Crippen LogP contribution is 2.24. The van der Waals surface area contributed by atoms with Crippen molar-refractivity contribution in [2.75, 3.05) is 6.54 Å². The molecule has 0 aliphatic heterocycles. The molecule has 96 valence electrons. The van der Waals surface area contributed by atoms with E-state index in [1.54, 1.807) is 17.4 Å². The van der Waals surface area contributed by atoms with Gasteiger partial charge in [-0.15, -0.1) is 11.3 Å². The van der Waals surface area contributed by atoms with E-state index in [0.29, 0.717) is 5.56 Å². The number of halogens is 1. The van der Waals surface area contributed by atoms with E-state index in [4.69, 9.17) is 0 Å². The number of rotatable bonds is 5. The maximum absolute atomic E-state index is 12.9. The topological polar surface area (TPSA) is 45.2 Å². The first-order chi connectivity index (χ1) is 8.66. The molecular weight excluding hydrogens is 251 g/mol. The Morgan fingerprint density at radius 2 is 2.33 bits per heavy atom. The van der Waals surface area contributed by atoms with Gasteiger partial charge in [0.1, 0.15) is 11.6 Å². The molecule has 0 aliphatic carbocycles. The molecule has 1 unspecified atom stereocenters. The molecule has 0 spiro atoms. The number of hydrogen-bond donors (Lipinski definition) is 2. The number of phenolic OH excluding ortho intramolecular Hbond substituents is 1. The lowest BCUT2D eigenvalue weighted by Gasteiger charge is -2.15. The molecule has 3 nitrogen and oxygen atoms in total. The zero-order chi connectivity index (χ0) is 13.0. The Labute approximate surface area is 109 Å². The summed E-state index contributed by atoms with van der Waals surface area (Å²) >= 11 is 1.58. The SMILES string of the molecule is CC(NCCc1cscn1)c1ccc(F)cc1O. The second-order valence-corrected chi connectivity index (χ2v) is 4.83. The summed E-state index contributed by atoms with van der Waals surface area (Å²) in [6.45, 7) is 2.70. The summed E-state index contributed by atoms with van der Waals surface area (Å²) in [5, 5.41) is 14.9. The second-order valence-electron chi connectivity index (χ2n) is 4.11. The van der Waals surface area contributed by atoms with Crippen LogP contribution in [0.3, 0.4) is 0 Å². The fourth-order valence-corrected chi connectivity index (χ4v) is 2.36. The van der Waals surface area contributed by atoms with E-state index in [1.165, 1.54) is 6.07 Å². The molecule has 0 saturated carbocycles. The molecule has 5 heteroatoms. The second kappa shape index (κ2) is 5.93. The molecule has 1 atom stereocenters. The third kappa shape index (κ3) is 3.27. The van der Waals surface area contributed by atoms with Crippen LogP contribution >= 0.6 is 11.3 Å². The van der Waals surface area contributed by atoms with Gasteiger partial charge >= 0.3 is 0 Å². The molecule has 1 heterocycles. The molecule has 0 aliphatic rings. The molecule has 2 rings (SSSR count). The number of nitrogens with zero attached hydrogens (tertiary/aromatic N) is 1. The Balaban J connectivity index is 1.89. The van der Waals surface area contributed by atoms with Crippen molar-refractivity contribution in [2.24, 2.45) is 0 Å². The monoisotopic (exact) mass is 266 g/mol. The van der Waals surface area contributed by atoms with Gasteiger partial charge in [0.25, 0.3) is 0 Å². The largest absolute Gasteiger partial charge is 0.508 e. The number of phenols is 1. The fourth-order valence-electron chi connectivity index (χ4n) is 1.77. The van der Waals surface area contributed by atoms with Gasteiger partial charge in [-0.3, -0.25) is 0 Å². The predicted octanol–water partition coefficient (Wildman–Crippen LogP) is 2.88. The van der Waals surface area contributed by atoms with Crippen LogP contribution in [0, 0.1) is 5.82 Å². The van der Waals surface area contributed by atoms with Crippen molar-refractivity contribution in [3.63, 3.8) is 0 Å². The van der Waals surface area contributed by atoms with E-state index in [-0.39, 0.29) is 11.8 Å². The van der Waals surface area contributed by atoms with Gasteiger partial charge in [0.15, 0.2) is 0 Å². The minimum absolute atomic E-state index is 0.0105. The van der Waals surface area contributed by atoms with Crippen LogP contribution in [0.5, 0.6) is 5.75 Å². The average Bonchev–Trinajstić information content (AvgIpc) is 2.81. The molecule has 18 heavy (non-hydrogen) atoms. The molecule has 2 aromatic rings. The van der Waals surface area contributed by atoms with Crippen LogP contribution in [0.15, 0.2) is 29.1 Å². The van der Waals surface area contributed by atoms with Crippen LogP contribution in [0.1, 0.15) is 24.2 Å². The average molecular weight is 266 g/mol. The molecule has 0 amide bonds. The van der Waals surface area contributed by atoms with Gasteiger partial charge < -0.3 is 10.4 Å². The quantitative estimate of drug-likeness (QED) is 0.874. The standard InChI is InChI=1S/C13H15FN2OS/c1-9(12-3-2-10(14)6-13(12)17)15-5-4-11-7-18-8-16-11/h2-3,6-9,15,17H,4-5H2,1H3. The lowest BCUT2D eigenvalue weighted by atomic mass is 10.1. The number of benzene rings is 1. The normalized spacial score (nSPS) is 12.6. The van der Waals surface area contributed by atoms with Crippen LogP contribution in [-0.4, -0.2) is 16.6 Å². The zero-order valence-corrected chi connectivity index (χ0v) is 10.9. The molecule has 1 aromatic carbocycles. The Morgan fingerprint density at radius 3 is 3.00 bits per heavy atom. The highest BCUT2D eigenvalue weighted by molar-refractivity contribution is 7.07. The van der Waals surface area contributed by atoms with Gasteiger partial charge in [0.2, 0.25) is 0 Å². The van der Waals surface area contributed by atoms with Crippen LogP contribution in [0.25, 0.3) is 0 Å². The Morgan fingerprint density at radius 1 is 1.50 bits per heavy atom. The van der Waals surface area contributed by atoms with Crippen molar-refractivity contribution < 1.29 is 9.50 Å². The molecule has 1 aromatic heterocycles. The van der Waals surface area contributed by atoms with E-state index in [2.05, 4.69) is 10.3 Å². The smallest absolute Gasteiger partial charge is 0.126 e. The third-order valence-electron chi connectivity index (χ3n) is 2.77. The van der Waals surface area contributed by atoms with Crippen molar-refractivity contribution in [1.82, 2.24) is 10.3 Å². The van der Waals surface area contributed by atoms with E-state index in [9.17, 15) is 9.50 Å². The highest BCUT2D eigenvalue weighted by atomic mass is 32.1. The maximum atomic E-state index is 12.9. The third-order valence-corrected chi connectivity index (χ3v) is 3.41. The van der Waals surface area contributed by atoms with E-state index in [1.807, 2.05) is 17.8 Å². The zero-order valence-electron chi connectivity index (χ0n) is 10.1. The van der Waals surface area contributed by atoms with E-state index in [0.717, 1.165) is 24.7 Å². The Bertz CT molecular complexity index is 502. The number of nitrogens with one attached hydrogen (secondary N) is 1.